The van der Waals surface area contributed by atoms with E-state index in [0.29, 0.717) is 4.47 Å². The van der Waals surface area contributed by atoms with E-state index in [9.17, 15) is 18.0 Å². The van der Waals surface area contributed by atoms with Crippen LogP contribution in [0.5, 0.6) is 0 Å². The van der Waals surface area contributed by atoms with Gasteiger partial charge in [0.2, 0.25) is 5.91 Å². The summed E-state index contributed by atoms with van der Waals surface area (Å²) in [5.41, 5.74) is 0.200. The zero-order chi connectivity index (χ0) is 14.8. The smallest absolute Gasteiger partial charge is 0.335 e. The van der Waals surface area contributed by atoms with Crippen molar-refractivity contribution in [1.82, 2.24) is 0 Å². The number of hydrogen-bond donors (Lipinski definition) is 2. The third-order valence-corrected chi connectivity index (χ3v) is 4.67. The Labute approximate surface area is 118 Å². The Balaban J connectivity index is 3.03. The van der Waals surface area contributed by atoms with Crippen molar-refractivity contribution in [2.75, 3.05) is 11.6 Å². The topological polar surface area (TPSA) is 101 Å². The molecular weight excluding hydrogens is 338 g/mol. The molecule has 0 saturated heterocycles. The fraction of sp³-hybridized carbons (Fsp3) is 0.273. The third kappa shape index (κ3) is 4.03. The van der Waals surface area contributed by atoms with Crippen LogP contribution in [0.1, 0.15) is 17.3 Å². The van der Waals surface area contributed by atoms with E-state index >= 15 is 0 Å². The van der Waals surface area contributed by atoms with Gasteiger partial charge in [0.05, 0.1) is 11.3 Å². The molecular formula is C11H12BrNO5S. The Morgan fingerprint density at radius 2 is 1.95 bits per heavy atom. The van der Waals surface area contributed by atoms with Gasteiger partial charge in [-0.1, -0.05) is 0 Å². The summed E-state index contributed by atoms with van der Waals surface area (Å²) in [6.45, 7) is 1.26. The molecule has 8 heteroatoms. The van der Waals surface area contributed by atoms with Crippen molar-refractivity contribution in [3.8, 4) is 0 Å². The van der Waals surface area contributed by atoms with Crippen LogP contribution >= 0.6 is 15.9 Å². The number of carboxylic acid groups (broad SMARTS) is 1. The molecule has 1 rings (SSSR count). The zero-order valence-corrected chi connectivity index (χ0v) is 12.6. The van der Waals surface area contributed by atoms with Gasteiger partial charge in [0, 0.05) is 10.7 Å². The second kappa shape index (κ2) is 5.70. The van der Waals surface area contributed by atoms with E-state index in [2.05, 4.69) is 21.2 Å². The first-order valence-corrected chi connectivity index (χ1v) is 7.90. The predicted octanol–water partition coefficient (Wildman–Crippen LogP) is 1.52. The van der Waals surface area contributed by atoms with Crippen molar-refractivity contribution >= 4 is 43.3 Å². The number of carbonyl (C=O) groups is 2. The van der Waals surface area contributed by atoms with Crippen molar-refractivity contribution in [3.05, 3.63) is 28.2 Å². The molecule has 1 unspecified atom stereocenters. The molecule has 0 saturated carbocycles. The lowest BCUT2D eigenvalue weighted by atomic mass is 10.2. The highest BCUT2D eigenvalue weighted by atomic mass is 79.9. The van der Waals surface area contributed by atoms with Crippen molar-refractivity contribution in [2.24, 2.45) is 0 Å². The SMILES string of the molecule is CC(C(=O)Nc1cc(C(=O)O)ccc1Br)S(C)(=O)=O. The number of anilines is 1. The number of benzene rings is 1. The Morgan fingerprint density at radius 3 is 2.42 bits per heavy atom. The molecule has 6 nitrogen and oxygen atoms in total. The van der Waals surface area contributed by atoms with Gasteiger partial charge < -0.3 is 10.4 Å². The number of rotatable bonds is 4. The average Bonchev–Trinajstić information content (AvgIpc) is 2.29. The molecule has 1 amide bonds. The van der Waals surface area contributed by atoms with Gasteiger partial charge in [-0.25, -0.2) is 13.2 Å². The number of hydrogen-bond acceptors (Lipinski definition) is 4. The second-order valence-corrected chi connectivity index (χ2v) is 7.18. The first-order valence-electron chi connectivity index (χ1n) is 5.15. The normalized spacial score (nSPS) is 12.8. The molecule has 19 heavy (non-hydrogen) atoms. The van der Waals surface area contributed by atoms with Gasteiger partial charge in [-0.3, -0.25) is 4.79 Å². The summed E-state index contributed by atoms with van der Waals surface area (Å²) < 4.78 is 23.0. The first kappa shape index (κ1) is 15.6. The fourth-order valence-electron chi connectivity index (χ4n) is 1.18. The summed E-state index contributed by atoms with van der Waals surface area (Å²) in [6, 6.07) is 4.07. The highest BCUT2D eigenvalue weighted by Crippen LogP contribution is 2.24. The maximum absolute atomic E-state index is 11.7. The maximum atomic E-state index is 11.7. The standard InChI is InChI=1S/C11H12BrNO5S/c1-6(19(2,17)18)10(14)13-9-5-7(11(15)16)3-4-8(9)12/h3-6H,1-2H3,(H,13,14)(H,15,16). The van der Waals surface area contributed by atoms with Gasteiger partial charge >= 0.3 is 5.97 Å². The quantitative estimate of drug-likeness (QED) is 0.858. The highest BCUT2D eigenvalue weighted by Gasteiger charge is 2.24. The number of halogens is 1. The number of carbonyl (C=O) groups excluding carboxylic acids is 1. The fourth-order valence-corrected chi connectivity index (χ4v) is 1.98. The van der Waals surface area contributed by atoms with E-state index < -0.39 is 27.0 Å². The number of amides is 1. The summed E-state index contributed by atoms with van der Waals surface area (Å²) in [6.07, 6.45) is 0.958. The van der Waals surface area contributed by atoms with Crippen LogP contribution in [0, 0.1) is 0 Å². The largest absolute Gasteiger partial charge is 0.478 e. The van der Waals surface area contributed by atoms with E-state index in [1.807, 2.05) is 0 Å². The molecule has 0 heterocycles. The van der Waals surface area contributed by atoms with Gasteiger partial charge in [0.25, 0.3) is 0 Å². The van der Waals surface area contributed by atoms with Crippen LogP contribution < -0.4 is 5.32 Å². The van der Waals surface area contributed by atoms with Crippen molar-refractivity contribution in [3.63, 3.8) is 0 Å². The van der Waals surface area contributed by atoms with Crippen LogP contribution in [0.25, 0.3) is 0 Å². The molecule has 0 aromatic heterocycles. The molecule has 1 aromatic rings. The Hall–Kier alpha value is -1.41. The molecule has 1 aromatic carbocycles. The van der Waals surface area contributed by atoms with Crippen LogP contribution in [0.15, 0.2) is 22.7 Å². The van der Waals surface area contributed by atoms with Gasteiger partial charge in [-0.2, -0.15) is 0 Å². The number of carboxylic acids is 1. The Kier molecular flexibility index (Phi) is 4.70. The summed E-state index contributed by atoms with van der Waals surface area (Å²) >= 11 is 3.15. The molecule has 0 aliphatic carbocycles. The minimum Gasteiger partial charge on any atom is -0.478 e. The summed E-state index contributed by atoms with van der Waals surface area (Å²) in [4.78, 5) is 22.6. The van der Waals surface area contributed by atoms with Crippen LogP contribution in [0.2, 0.25) is 0 Å². The average molecular weight is 350 g/mol. The summed E-state index contributed by atoms with van der Waals surface area (Å²) in [7, 11) is -3.51. The van der Waals surface area contributed by atoms with Crippen LogP contribution in [-0.4, -0.2) is 36.9 Å². The minimum absolute atomic E-state index is 0.00879. The van der Waals surface area contributed by atoms with E-state index in [1.54, 1.807) is 0 Å². The van der Waals surface area contributed by atoms with Gasteiger partial charge in [-0.15, -0.1) is 0 Å². The van der Waals surface area contributed by atoms with Crippen LogP contribution in [-0.2, 0) is 14.6 Å². The van der Waals surface area contributed by atoms with Gasteiger partial charge in [0.15, 0.2) is 9.84 Å². The number of nitrogens with one attached hydrogen (secondary N) is 1. The Bertz CT molecular complexity index is 626. The lowest BCUT2D eigenvalue weighted by Gasteiger charge is -2.12. The molecule has 0 aliphatic rings. The maximum Gasteiger partial charge on any atom is 0.335 e. The summed E-state index contributed by atoms with van der Waals surface area (Å²) in [5, 5.41) is 10.0. The highest BCUT2D eigenvalue weighted by molar-refractivity contribution is 9.10. The molecule has 0 aliphatic heterocycles. The lowest BCUT2D eigenvalue weighted by Crippen LogP contribution is -2.31. The Morgan fingerprint density at radius 1 is 1.37 bits per heavy atom. The summed E-state index contributed by atoms with van der Waals surface area (Å²) in [5.74, 6) is -1.86. The molecule has 2 N–H and O–H groups in total. The third-order valence-electron chi connectivity index (χ3n) is 2.48. The van der Waals surface area contributed by atoms with Gasteiger partial charge in [-0.05, 0) is 41.1 Å². The minimum atomic E-state index is -3.51. The van der Waals surface area contributed by atoms with E-state index in [-0.39, 0.29) is 11.3 Å². The number of aromatic carboxylic acids is 1. The van der Waals surface area contributed by atoms with E-state index in [4.69, 9.17) is 5.11 Å². The van der Waals surface area contributed by atoms with Crippen LogP contribution in [0.4, 0.5) is 5.69 Å². The van der Waals surface area contributed by atoms with Crippen molar-refractivity contribution in [2.45, 2.75) is 12.2 Å². The van der Waals surface area contributed by atoms with Gasteiger partial charge in [0.1, 0.15) is 5.25 Å². The zero-order valence-electron chi connectivity index (χ0n) is 10.2. The first-order chi connectivity index (χ1) is 8.62. The molecule has 1 atom stereocenters. The van der Waals surface area contributed by atoms with Crippen molar-refractivity contribution in [1.29, 1.82) is 0 Å². The molecule has 0 radical (unpaired) electrons. The second-order valence-electron chi connectivity index (χ2n) is 3.96. The predicted molar refractivity (Wildman–Crippen MR) is 74.0 cm³/mol. The van der Waals surface area contributed by atoms with Crippen LogP contribution in [0.3, 0.4) is 0 Å². The molecule has 0 spiro atoms. The number of sulfone groups is 1. The molecule has 0 bridgehead atoms. The van der Waals surface area contributed by atoms with E-state index in [0.717, 1.165) is 6.26 Å². The molecule has 104 valence electrons. The monoisotopic (exact) mass is 349 g/mol. The van der Waals surface area contributed by atoms with Crippen molar-refractivity contribution < 1.29 is 23.1 Å². The van der Waals surface area contributed by atoms with E-state index in [1.165, 1.54) is 25.1 Å². The molecule has 0 fully saturated rings. The lowest BCUT2D eigenvalue weighted by molar-refractivity contribution is -0.115.